The molecule has 1 aromatic rings. The monoisotopic (exact) mass is 331 g/mol. The maximum absolute atomic E-state index is 12.3. The van der Waals surface area contributed by atoms with E-state index in [9.17, 15) is 10.1 Å². The number of amides is 1. The number of carbonyl (C=O) groups is 1. The van der Waals surface area contributed by atoms with Gasteiger partial charge in [-0.2, -0.15) is 5.26 Å². The van der Waals surface area contributed by atoms with Crippen molar-refractivity contribution in [1.82, 2.24) is 9.88 Å². The van der Waals surface area contributed by atoms with Gasteiger partial charge in [0, 0.05) is 30.6 Å². The van der Waals surface area contributed by atoms with Gasteiger partial charge in [0.05, 0.1) is 0 Å². The van der Waals surface area contributed by atoms with E-state index in [2.05, 4.69) is 16.8 Å². The van der Waals surface area contributed by atoms with Crippen LogP contribution in [-0.4, -0.2) is 28.2 Å². The highest BCUT2D eigenvalue weighted by molar-refractivity contribution is 6.02. The van der Waals surface area contributed by atoms with Crippen LogP contribution in [0.2, 0.25) is 0 Å². The third kappa shape index (κ3) is 4.97. The SMILES string of the molecule is CCCCn1c(C)cc(/C=C(/C#N)C(=O)NC(C)C(C)CO)c1C. The van der Waals surface area contributed by atoms with Crippen LogP contribution in [0.5, 0.6) is 0 Å². The van der Waals surface area contributed by atoms with Gasteiger partial charge in [0.15, 0.2) is 0 Å². The molecule has 2 unspecified atom stereocenters. The fraction of sp³-hybridized carbons (Fsp3) is 0.579. The molecule has 0 aliphatic carbocycles. The number of nitrogens with one attached hydrogen (secondary N) is 1. The summed E-state index contributed by atoms with van der Waals surface area (Å²) in [6.45, 7) is 10.8. The van der Waals surface area contributed by atoms with Crippen LogP contribution < -0.4 is 5.32 Å². The van der Waals surface area contributed by atoms with Crippen molar-refractivity contribution in [1.29, 1.82) is 5.26 Å². The zero-order valence-corrected chi connectivity index (χ0v) is 15.4. The molecule has 1 aromatic heterocycles. The van der Waals surface area contributed by atoms with Crippen LogP contribution in [0.25, 0.3) is 6.08 Å². The van der Waals surface area contributed by atoms with Crippen molar-refractivity contribution in [3.8, 4) is 6.07 Å². The number of aryl methyl sites for hydroxylation is 1. The first-order valence-corrected chi connectivity index (χ1v) is 8.55. The molecule has 132 valence electrons. The summed E-state index contributed by atoms with van der Waals surface area (Å²) in [6, 6.07) is 3.80. The largest absolute Gasteiger partial charge is 0.396 e. The molecule has 1 heterocycles. The third-order valence-electron chi connectivity index (χ3n) is 4.51. The highest BCUT2D eigenvalue weighted by atomic mass is 16.3. The van der Waals surface area contributed by atoms with Gasteiger partial charge in [0.1, 0.15) is 11.6 Å². The Balaban J connectivity index is 3.00. The molecular weight excluding hydrogens is 302 g/mol. The van der Waals surface area contributed by atoms with E-state index in [-0.39, 0.29) is 24.1 Å². The summed E-state index contributed by atoms with van der Waals surface area (Å²) >= 11 is 0. The molecule has 0 fully saturated rings. The molecule has 1 amide bonds. The van der Waals surface area contributed by atoms with Crippen LogP contribution in [0.3, 0.4) is 0 Å². The standard InChI is InChI=1S/C19H29N3O2/c1-6-7-8-22-14(3)9-17(16(22)5)10-18(11-20)19(24)21-15(4)13(2)12-23/h9-10,13,15,23H,6-8,12H2,1-5H3,(H,21,24)/b18-10-. The van der Waals surface area contributed by atoms with Crippen molar-refractivity contribution in [2.45, 2.75) is 60.0 Å². The van der Waals surface area contributed by atoms with Crippen molar-refractivity contribution in [2.75, 3.05) is 6.61 Å². The molecule has 0 bridgehead atoms. The second kappa shape index (κ2) is 9.29. The third-order valence-corrected chi connectivity index (χ3v) is 4.51. The van der Waals surface area contributed by atoms with Crippen LogP contribution >= 0.6 is 0 Å². The predicted molar refractivity (Wildman–Crippen MR) is 96.3 cm³/mol. The zero-order valence-electron chi connectivity index (χ0n) is 15.4. The molecular formula is C19H29N3O2. The quantitative estimate of drug-likeness (QED) is 0.568. The maximum atomic E-state index is 12.3. The number of aliphatic hydroxyl groups excluding tert-OH is 1. The number of unbranched alkanes of at least 4 members (excludes halogenated alkanes) is 1. The van der Waals surface area contributed by atoms with E-state index in [1.54, 1.807) is 6.08 Å². The molecule has 0 spiro atoms. The lowest BCUT2D eigenvalue weighted by atomic mass is 10.0. The van der Waals surface area contributed by atoms with Crippen LogP contribution in [0.4, 0.5) is 0 Å². The minimum Gasteiger partial charge on any atom is -0.396 e. The van der Waals surface area contributed by atoms with Crippen LogP contribution in [0, 0.1) is 31.1 Å². The number of nitriles is 1. The average molecular weight is 331 g/mol. The summed E-state index contributed by atoms with van der Waals surface area (Å²) < 4.78 is 2.22. The van der Waals surface area contributed by atoms with Crippen LogP contribution in [0.1, 0.15) is 50.6 Å². The van der Waals surface area contributed by atoms with E-state index < -0.39 is 5.91 Å². The number of carbonyl (C=O) groups excluding carboxylic acids is 1. The Morgan fingerprint density at radius 1 is 1.46 bits per heavy atom. The smallest absolute Gasteiger partial charge is 0.262 e. The first-order valence-electron chi connectivity index (χ1n) is 8.55. The molecule has 0 aliphatic heterocycles. The first-order chi connectivity index (χ1) is 11.3. The van der Waals surface area contributed by atoms with E-state index in [4.69, 9.17) is 5.11 Å². The molecule has 0 saturated carbocycles. The molecule has 5 nitrogen and oxygen atoms in total. The van der Waals surface area contributed by atoms with Crippen molar-refractivity contribution < 1.29 is 9.90 Å². The molecule has 1 rings (SSSR count). The summed E-state index contributed by atoms with van der Waals surface area (Å²) in [5.74, 6) is -0.461. The van der Waals surface area contributed by atoms with E-state index >= 15 is 0 Å². The van der Waals surface area contributed by atoms with E-state index in [1.807, 2.05) is 39.8 Å². The second-order valence-corrected chi connectivity index (χ2v) is 6.42. The van der Waals surface area contributed by atoms with Gasteiger partial charge in [-0.15, -0.1) is 0 Å². The number of aromatic nitrogens is 1. The molecule has 0 radical (unpaired) electrons. The summed E-state index contributed by atoms with van der Waals surface area (Å²) in [6.07, 6.45) is 3.87. The summed E-state index contributed by atoms with van der Waals surface area (Å²) in [7, 11) is 0. The van der Waals surface area contributed by atoms with Gasteiger partial charge < -0.3 is 15.0 Å². The topological polar surface area (TPSA) is 78.0 Å². The number of aliphatic hydroxyl groups is 1. The molecule has 0 aromatic carbocycles. The van der Waals surface area contributed by atoms with Gasteiger partial charge in [-0.3, -0.25) is 4.79 Å². The van der Waals surface area contributed by atoms with Crippen LogP contribution in [-0.2, 0) is 11.3 Å². The van der Waals surface area contributed by atoms with Gasteiger partial charge in [-0.25, -0.2) is 0 Å². The maximum Gasteiger partial charge on any atom is 0.262 e. The Morgan fingerprint density at radius 3 is 2.67 bits per heavy atom. The average Bonchev–Trinajstić information content (AvgIpc) is 2.83. The predicted octanol–water partition coefficient (Wildman–Crippen LogP) is 2.95. The highest BCUT2D eigenvalue weighted by Gasteiger charge is 2.17. The molecule has 0 aliphatic rings. The van der Waals surface area contributed by atoms with E-state index in [0.29, 0.717) is 0 Å². The lowest BCUT2D eigenvalue weighted by Crippen LogP contribution is -2.38. The zero-order chi connectivity index (χ0) is 18.3. The Kier molecular flexibility index (Phi) is 7.73. The fourth-order valence-corrected chi connectivity index (χ4v) is 2.52. The van der Waals surface area contributed by atoms with Gasteiger partial charge in [0.2, 0.25) is 0 Å². The molecule has 2 atom stereocenters. The minimum atomic E-state index is -0.399. The fourth-order valence-electron chi connectivity index (χ4n) is 2.52. The number of rotatable bonds is 8. The van der Waals surface area contributed by atoms with Gasteiger partial charge in [-0.1, -0.05) is 20.3 Å². The van der Waals surface area contributed by atoms with E-state index in [1.165, 1.54) is 0 Å². The Bertz CT molecular complexity index is 638. The summed E-state index contributed by atoms with van der Waals surface area (Å²) in [5.41, 5.74) is 3.19. The van der Waals surface area contributed by atoms with Gasteiger partial charge >= 0.3 is 0 Å². The molecule has 5 heteroatoms. The molecule has 0 saturated heterocycles. The van der Waals surface area contributed by atoms with Crippen molar-refractivity contribution in [2.24, 2.45) is 5.92 Å². The molecule has 24 heavy (non-hydrogen) atoms. The second-order valence-electron chi connectivity index (χ2n) is 6.42. The van der Waals surface area contributed by atoms with Crippen molar-refractivity contribution in [3.05, 3.63) is 28.6 Å². The first kappa shape index (κ1) is 20.0. The number of hydrogen-bond acceptors (Lipinski definition) is 3. The molecule has 2 N–H and O–H groups in total. The lowest BCUT2D eigenvalue weighted by molar-refractivity contribution is -0.118. The summed E-state index contributed by atoms with van der Waals surface area (Å²) in [4.78, 5) is 12.3. The summed E-state index contributed by atoms with van der Waals surface area (Å²) in [5, 5.41) is 21.3. The Morgan fingerprint density at radius 2 is 2.12 bits per heavy atom. The van der Waals surface area contributed by atoms with Gasteiger partial charge in [-0.05, 0) is 50.8 Å². The van der Waals surface area contributed by atoms with Crippen LogP contribution in [0.15, 0.2) is 11.6 Å². The van der Waals surface area contributed by atoms with Crippen molar-refractivity contribution >= 4 is 12.0 Å². The normalized spacial score (nSPS) is 14.1. The van der Waals surface area contributed by atoms with Crippen molar-refractivity contribution in [3.63, 3.8) is 0 Å². The lowest BCUT2D eigenvalue weighted by Gasteiger charge is -2.18. The number of hydrogen-bond donors (Lipinski definition) is 2. The minimum absolute atomic E-state index is 0.00830. The Labute approximate surface area is 145 Å². The van der Waals surface area contributed by atoms with Gasteiger partial charge in [0.25, 0.3) is 5.91 Å². The Hall–Kier alpha value is -2.06. The van der Waals surface area contributed by atoms with E-state index in [0.717, 1.165) is 36.3 Å². The number of nitrogens with zero attached hydrogens (tertiary/aromatic N) is 2. The highest BCUT2D eigenvalue weighted by Crippen LogP contribution is 2.19.